The third kappa shape index (κ3) is 3.30. The largest absolute Gasteiger partial charge is 0.311 e. The van der Waals surface area contributed by atoms with Gasteiger partial charge in [0.1, 0.15) is 5.25 Å². The molecule has 7 heteroatoms. The Morgan fingerprint density at radius 3 is 2.32 bits per heavy atom. The first-order valence-corrected chi connectivity index (χ1v) is 8.93. The van der Waals surface area contributed by atoms with E-state index in [1.807, 2.05) is 12.1 Å². The van der Waals surface area contributed by atoms with Gasteiger partial charge in [0.05, 0.1) is 0 Å². The first-order chi connectivity index (χ1) is 10.4. The van der Waals surface area contributed by atoms with Gasteiger partial charge in [-0.2, -0.15) is 8.42 Å². The molecule has 1 amide bonds. The monoisotopic (exact) mass is 326 g/mol. The number of hydrogen-bond donors (Lipinski definition) is 0. The minimum Gasteiger partial charge on any atom is -0.311 e. The average Bonchev–Trinajstić information content (AvgIpc) is 3.09. The number of halogens is 1. The van der Waals surface area contributed by atoms with Crippen molar-refractivity contribution in [1.29, 1.82) is 0 Å². The van der Waals surface area contributed by atoms with Crippen molar-refractivity contribution in [1.82, 2.24) is 4.90 Å². The van der Waals surface area contributed by atoms with Crippen LogP contribution >= 0.6 is 0 Å². The van der Waals surface area contributed by atoms with Crippen LogP contribution in [-0.2, 0) is 21.6 Å². The van der Waals surface area contributed by atoms with Gasteiger partial charge in [-0.3, -0.25) is 9.69 Å². The molecule has 1 atom stereocenters. The summed E-state index contributed by atoms with van der Waals surface area (Å²) in [7, 11) is -4.67. The molecule has 22 heavy (non-hydrogen) atoms. The molecule has 2 fully saturated rings. The quantitative estimate of drug-likeness (QED) is 0.790. The lowest BCUT2D eigenvalue weighted by atomic mass is 10.2. The van der Waals surface area contributed by atoms with Gasteiger partial charge in [0.25, 0.3) is 0 Å². The molecule has 5 nitrogen and oxygen atoms in total. The number of benzene rings is 1. The fraction of sp³-hybridized carbons (Fsp3) is 0.533. The molecule has 0 N–H and O–H groups in total. The second kappa shape index (κ2) is 5.96. The van der Waals surface area contributed by atoms with E-state index in [1.54, 1.807) is 12.1 Å². The van der Waals surface area contributed by atoms with Crippen LogP contribution < -0.4 is 4.90 Å². The lowest BCUT2D eigenvalue weighted by molar-refractivity contribution is -0.117. The maximum atomic E-state index is 13.0. The Balaban J connectivity index is 1.69. The Morgan fingerprint density at radius 1 is 1.14 bits per heavy atom. The topological polar surface area (TPSA) is 57.7 Å². The Kier molecular flexibility index (Phi) is 4.18. The molecule has 0 aromatic heterocycles. The first-order valence-electron chi connectivity index (χ1n) is 7.48. The highest BCUT2D eigenvalue weighted by atomic mass is 32.3. The molecule has 0 spiro atoms. The second-order valence-corrected chi connectivity index (χ2v) is 7.57. The van der Waals surface area contributed by atoms with Gasteiger partial charge in [-0.25, -0.2) is 0 Å². The van der Waals surface area contributed by atoms with E-state index in [-0.39, 0.29) is 18.9 Å². The molecule has 2 aliphatic heterocycles. The summed E-state index contributed by atoms with van der Waals surface area (Å²) in [5.41, 5.74) is 1.79. The normalized spacial score (nSPS) is 23.4. The minimum absolute atomic E-state index is 0.108. The summed E-state index contributed by atoms with van der Waals surface area (Å²) in [6.07, 6.45) is 2.19. The number of amides is 1. The molecule has 2 heterocycles. The molecule has 2 saturated heterocycles. The molecular formula is C15H19FN2O3S. The minimum atomic E-state index is -4.67. The third-order valence-corrected chi connectivity index (χ3v) is 5.45. The summed E-state index contributed by atoms with van der Waals surface area (Å²) < 4.78 is 34.9. The van der Waals surface area contributed by atoms with Gasteiger partial charge in [-0.1, -0.05) is 12.1 Å². The third-order valence-electron chi connectivity index (χ3n) is 4.34. The van der Waals surface area contributed by atoms with E-state index < -0.39 is 15.5 Å². The van der Waals surface area contributed by atoms with Gasteiger partial charge in [0.15, 0.2) is 0 Å². The van der Waals surface area contributed by atoms with Crippen molar-refractivity contribution in [3.63, 3.8) is 0 Å². The van der Waals surface area contributed by atoms with Crippen LogP contribution in [0.25, 0.3) is 0 Å². The summed E-state index contributed by atoms with van der Waals surface area (Å²) in [5, 5.41) is -1.25. The molecular weight excluding hydrogens is 307 g/mol. The Hall–Kier alpha value is -1.47. The number of carbonyl (C=O) groups is 1. The summed E-state index contributed by atoms with van der Waals surface area (Å²) >= 11 is 0. The van der Waals surface area contributed by atoms with Crippen LogP contribution in [0.15, 0.2) is 24.3 Å². The van der Waals surface area contributed by atoms with Crippen molar-refractivity contribution >= 4 is 21.8 Å². The second-order valence-electron chi connectivity index (χ2n) is 5.96. The van der Waals surface area contributed by atoms with E-state index in [9.17, 15) is 17.1 Å². The zero-order valence-corrected chi connectivity index (χ0v) is 13.1. The van der Waals surface area contributed by atoms with Crippen LogP contribution in [-0.4, -0.2) is 44.1 Å². The maximum Gasteiger partial charge on any atom is 0.307 e. The molecule has 1 aromatic rings. The zero-order chi connectivity index (χ0) is 15.7. The van der Waals surface area contributed by atoms with Crippen LogP contribution in [0.2, 0.25) is 0 Å². The smallest absolute Gasteiger partial charge is 0.307 e. The van der Waals surface area contributed by atoms with E-state index in [2.05, 4.69) is 4.90 Å². The maximum absolute atomic E-state index is 13.0. The van der Waals surface area contributed by atoms with Crippen LogP contribution in [0.3, 0.4) is 0 Å². The van der Waals surface area contributed by atoms with E-state index in [0.717, 1.165) is 25.2 Å². The molecule has 120 valence electrons. The van der Waals surface area contributed by atoms with Gasteiger partial charge in [0, 0.05) is 25.2 Å². The predicted octanol–water partition coefficient (Wildman–Crippen LogP) is 1.69. The summed E-state index contributed by atoms with van der Waals surface area (Å²) in [6.45, 7) is 3.00. The fourth-order valence-corrected chi connectivity index (χ4v) is 3.76. The van der Waals surface area contributed by atoms with Gasteiger partial charge >= 0.3 is 10.2 Å². The van der Waals surface area contributed by atoms with E-state index in [1.165, 1.54) is 17.7 Å². The van der Waals surface area contributed by atoms with Gasteiger partial charge in [-0.05, 0) is 43.6 Å². The van der Waals surface area contributed by atoms with E-state index >= 15 is 0 Å². The Bertz CT molecular complexity index is 654. The number of hydrogen-bond acceptors (Lipinski definition) is 4. The van der Waals surface area contributed by atoms with E-state index in [0.29, 0.717) is 5.69 Å². The number of nitrogens with zero attached hydrogens (tertiary/aromatic N) is 2. The van der Waals surface area contributed by atoms with Gasteiger partial charge in [-0.15, -0.1) is 3.89 Å². The van der Waals surface area contributed by atoms with Crippen molar-refractivity contribution in [2.24, 2.45) is 0 Å². The van der Waals surface area contributed by atoms with Crippen LogP contribution in [0.1, 0.15) is 24.8 Å². The summed E-state index contributed by atoms with van der Waals surface area (Å²) in [6, 6.07) is 7.49. The molecule has 0 aliphatic carbocycles. The predicted molar refractivity (Wildman–Crippen MR) is 81.7 cm³/mol. The molecule has 0 radical (unpaired) electrons. The molecule has 0 saturated carbocycles. The van der Waals surface area contributed by atoms with Crippen LogP contribution in [0.5, 0.6) is 0 Å². The fourth-order valence-electron chi connectivity index (χ4n) is 3.09. The van der Waals surface area contributed by atoms with Crippen molar-refractivity contribution in [3.05, 3.63) is 29.8 Å². The summed E-state index contributed by atoms with van der Waals surface area (Å²) in [4.78, 5) is 15.6. The number of carbonyl (C=O) groups excluding carboxylic acids is 1. The van der Waals surface area contributed by atoms with Crippen molar-refractivity contribution in [2.75, 3.05) is 24.5 Å². The lowest BCUT2D eigenvalue weighted by Gasteiger charge is -2.18. The molecule has 0 bridgehead atoms. The lowest BCUT2D eigenvalue weighted by Crippen LogP contribution is -2.27. The Morgan fingerprint density at radius 2 is 1.77 bits per heavy atom. The van der Waals surface area contributed by atoms with Crippen molar-refractivity contribution < 1.29 is 17.1 Å². The van der Waals surface area contributed by atoms with E-state index in [4.69, 9.17) is 0 Å². The zero-order valence-electron chi connectivity index (χ0n) is 12.2. The summed E-state index contributed by atoms with van der Waals surface area (Å²) in [5.74, 6) is -0.349. The standard InChI is InChI=1S/C15H19FN2O3S/c16-22(20,21)14-9-15(19)18(11-14)13-5-3-12(4-6-13)10-17-7-1-2-8-17/h3-6,14H,1-2,7-11H2. The SMILES string of the molecule is O=C1CC(S(=O)(=O)F)CN1c1ccc(CN2CCCC2)cc1. The average molecular weight is 326 g/mol. The molecule has 2 aliphatic rings. The molecule has 1 unspecified atom stereocenters. The molecule has 3 rings (SSSR count). The highest BCUT2D eigenvalue weighted by Crippen LogP contribution is 2.26. The Labute approximate surface area is 129 Å². The van der Waals surface area contributed by atoms with Gasteiger partial charge < -0.3 is 4.90 Å². The van der Waals surface area contributed by atoms with Crippen LogP contribution in [0.4, 0.5) is 9.57 Å². The molecule has 1 aromatic carbocycles. The number of anilines is 1. The number of likely N-dealkylation sites (tertiary alicyclic amines) is 1. The first kappa shape index (κ1) is 15.4. The van der Waals surface area contributed by atoms with Crippen molar-refractivity contribution in [2.45, 2.75) is 31.1 Å². The number of rotatable bonds is 4. The van der Waals surface area contributed by atoms with Crippen LogP contribution in [0, 0.1) is 0 Å². The van der Waals surface area contributed by atoms with Crippen molar-refractivity contribution in [3.8, 4) is 0 Å². The highest BCUT2D eigenvalue weighted by Gasteiger charge is 2.38. The van der Waals surface area contributed by atoms with Gasteiger partial charge in [0.2, 0.25) is 5.91 Å². The highest BCUT2D eigenvalue weighted by molar-refractivity contribution is 7.87.